The summed E-state index contributed by atoms with van der Waals surface area (Å²) in [5.41, 5.74) is -1.12. The molecule has 1 atom stereocenters. The van der Waals surface area contributed by atoms with E-state index in [1.165, 1.54) is 0 Å². The average Bonchev–Trinajstić information content (AvgIpc) is 2.28. The number of alkyl halides is 3. The number of nitrogens with zero attached hydrogens (tertiary/aromatic N) is 2. The van der Waals surface area contributed by atoms with Crippen LogP contribution in [0.5, 0.6) is 0 Å². The summed E-state index contributed by atoms with van der Waals surface area (Å²) in [7, 11) is 0. The summed E-state index contributed by atoms with van der Waals surface area (Å²) >= 11 is 0. The lowest BCUT2D eigenvalue weighted by Crippen LogP contribution is -2.33. The molecular weight excluding hydrogens is 235 g/mol. The van der Waals surface area contributed by atoms with Crippen LogP contribution in [0.2, 0.25) is 0 Å². The van der Waals surface area contributed by atoms with Crippen LogP contribution in [0.3, 0.4) is 0 Å². The monoisotopic (exact) mass is 247 g/mol. The molecule has 0 aromatic carbocycles. The summed E-state index contributed by atoms with van der Waals surface area (Å²) in [4.78, 5) is 18.2. The van der Waals surface area contributed by atoms with Crippen molar-refractivity contribution in [3.8, 4) is 0 Å². The van der Waals surface area contributed by atoms with Gasteiger partial charge in [0.2, 0.25) is 5.82 Å². The Labute approximate surface area is 96.3 Å². The first-order valence-corrected chi connectivity index (χ1v) is 5.05. The molecule has 0 radical (unpaired) electrons. The van der Waals surface area contributed by atoms with E-state index in [-0.39, 0.29) is 6.04 Å². The molecule has 1 aromatic rings. The molecule has 1 N–H and O–H groups in total. The fourth-order valence-electron chi connectivity index (χ4n) is 1.02. The fourth-order valence-corrected chi connectivity index (χ4v) is 1.02. The Morgan fingerprint density at radius 3 is 2.71 bits per heavy atom. The van der Waals surface area contributed by atoms with E-state index in [0.29, 0.717) is 6.42 Å². The van der Waals surface area contributed by atoms with Crippen molar-refractivity contribution in [3.63, 3.8) is 0 Å². The normalized spacial score (nSPS) is 13.2. The van der Waals surface area contributed by atoms with Crippen LogP contribution in [-0.2, 0) is 6.18 Å². The molecule has 1 amide bonds. The number of amides is 1. The molecule has 0 fully saturated rings. The third-order valence-electron chi connectivity index (χ3n) is 2.14. The van der Waals surface area contributed by atoms with Gasteiger partial charge in [-0.2, -0.15) is 13.2 Å². The number of aromatic nitrogens is 2. The Balaban J connectivity index is 2.89. The van der Waals surface area contributed by atoms with E-state index in [0.717, 1.165) is 12.3 Å². The van der Waals surface area contributed by atoms with Crippen molar-refractivity contribution in [1.29, 1.82) is 0 Å². The lowest BCUT2D eigenvalue weighted by molar-refractivity contribution is -0.141. The van der Waals surface area contributed by atoms with Gasteiger partial charge < -0.3 is 5.32 Å². The van der Waals surface area contributed by atoms with Crippen LogP contribution in [0.1, 0.15) is 36.6 Å². The Morgan fingerprint density at radius 1 is 1.53 bits per heavy atom. The highest BCUT2D eigenvalue weighted by atomic mass is 19.4. The van der Waals surface area contributed by atoms with Crippen LogP contribution in [0.15, 0.2) is 12.3 Å². The summed E-state index contributed by atoms with van der Waals surface area (Å²) in [5, 5.41) is 2.49. The maximum Gasteiger partial charge on any atom is 0.433 e. The predicted octanol–water partition coefficient (Wildman–Crippen LogP) is 2.02. The van der Waals surface area contributed by atoms with Gasteiger partial charge in [0.1, 0.15) is 5.69 Å². The number of carbonyl (C=O) groups excluding carboxylic acids is 1. The maximum atomic E-state index is 12.3. The van der Waals surface area contributed by atoms with Crippen LogP contribution >= 0.6 is 0 Å². The van der Waals surface area contributed by atoms with Gasteiger partial charge in [0.25, 0.3) is 5.91 Å². The van der Waals surface area contributed by atoms with Gasteiger partial charge in [-0.25, -0.2) is 9.97 Å². The molecule has 0 saturated heterocycles. The molecule has 4 nitrogen and oxygen atoms in total. The van der Waals surface area contributed by atoms with Gasteiger partial charge in [0.15, 0.2) is 0 Å². The van der Waals surface area contributed by atoms with E-state index in [1.807, 2.05) is 6.92 Å². The van der Waals surface area contributed by atoms with Gasteiger partial charge >= 0.3 is 6.18 Å². The number of carbonyl (C=O) groups is 1. The molecule has 94 valence electrons. The number of rotatable bonds is 3. The molecule has 0 saturated carbocycles. The molecule has 0 spiro atoms. The van der Waals surface area contributed by atoms with Gasteiger partial charge in [-0.1, -0.05) is 6.92 Å². The van der Waals surface area contributed by atoms with Crippen molar-refractivity contribution >= 4 is 5.91 Å². The van der Waals surface area contributed by atoms with Crippen molar-refractivity contribution < 1.29 is 18.0 Å². The zero-order valence-corrected chi connectivity index (χ0v) is 9.38. The summed E-state index contributed by atoms with van der Waals surface area (Å²) in [6, 6.07) is 0.584. The van der Waals surface area contributed by atoms with Gasteiger partial charge in [0, 0.05) is 12.2 Å². The van der Waals surface area contributed by atoms with Crippen LogP contribution in [0, 0.1) is 0 Å². The van der Waals surface area contributed by atoms with Gasteiger partial charge in [-0.3, -0.25) is 4.79 Å². The van der Waals surface area contributed by atoms with Crippen LogP contribution < -0.4 is 5.32 Å². The van der Waals surface area contributed by atoms with Gasteiger partial charge in [0.05, 0.1) is 0 Å². The Bertz CT molecular complexity index is 406. The second-order valence-corrected chi connectivity index (χ2v) is 3.55. The first-order valence-electron chi connectivity index (χ1n) is 5.05. The topological polar surface area (TPSA) is 54.9 Å². The highest BCUT2D eigenvalue weighted by Crippen LogP contribution is 2.26. The summed E-state index contributed by atoms with van der Waals surface area (Å²) in [5.74, 6) is -1.18. The van der Waals surface area contributed by atoms with Crippen LogP contribution in [0.4, 0.5) is 13.2 Å². The maximum absolute atomic E-state index is 12.3. The Kier molecular flexibility index (Phi) is 4.03. The largest absolute Gasteiger partial charge is 0.433 e. The molecule has 17 heavy (non-hydrogen) atoms. The van der Waals surface area contributed by atoms with Gasteiger partial charge in [-0.15, -0.1) is 0 Å². The molecule has 0 bridgehead atoms. The van der Waals surface area contributed by atoms with Crippen molar-refractivity contribution in [1.82, 2.24) is 15.3 Å². The number of hydrogen-bond donors (Lipinski definition) is 1. The molecule has 1 rings (SSSR count). The number of nitrogens with one attached hydrogen (secondary N) is 1. The van der Waals surface area contributed by atoms with E-state index in [1.54, 1.807) is 6.92 Å². The molecule has 0 aliphatic carbocycles. The first kappa shape index (κ1) is 13.4. The third-order valence-corrected chi connectivity index (χ3v) is 2.14. The SMILES string of the molecule is CCC(C)NC(=O)c1nccc(C(F)(F)F)n1. The van der Waals surface area contributed by atoms with Crippen molar-refractivity contribution in [2.75, 3.05) is 0 Å². The third kappa shape index (κ3) is 3.69. The van der Waals surface area contributed by atoms with Crippen molar-refractivity contribution in [2.45, 2.75) is 32.5 Å². The molecule has 1 aromatic heterocycles. The predicted molar refractivity (Wildman–Crippen MR) is 54.3 cm³/mol. The molecule has 1 unspecified atom stereocenters. The Hall–Kier alpha value is -1.66. The smallest absolute Gasteiger partial charge is 0.347 e. The first-order chi connectivity index (χ1) is 7.84. The van der Waals surface area contributed by atoms with Gasteiger partial charge in [-0.05, 0) is 19.4 Å². The fraction of sp³-hybridized carbons (Fsp3) is 0.500. The minimum Gasteiger partial charge on any atom is -0.347 e. The minimum absolute atomic E-state index is 0.138. The molecule has 0 aliphatic rings. The lowest BCUT2D eigenvalue weighted by atomic mass is 10.2. The average molecular weight is 247 g/mol. The van der Waals surface area contributed by atoms with E-state index in [9.17, 15) is 18.0 Å². The molecular formula is C10H12F3N3O. The quantitative estimate of drug-likeness (QED) is 0.889. The minimum atomic E-state index is -4.58. The second-order valence-electron chi connectivity index (χ2n) is 3.55. The van der Waals surface area contributed by atoms with Crippen LogP contribution in [0.25, 0.3) is 0 Å². The molecule has 1 heterocycles. The summed E-state index contributed by atoms with van der Waals surface area (Å²) in [6.07, 6.45) is -2.99. The van der Waals surface area contributed by atoms with E-state index in [4.69, 9.17) is 0 Å². The summed E-state index contributed by atoms with van der Waals surface area (Å²) in [6.45, 7) is 3.59. The Morgan fingerprint density at radius 2 is 2.18 bits per heavy atom. The van der Waals surface area contributed by atoms with Crippen LogP contribution in [-0.4, -0.2) is 21.9 Å². The molecule has 0 aliphatic heterocycles. The standard InChI is InChI=1S/C10H12F3N3O/c1-3-6(2)15-9(17)8-14-5-4-7(16-8)10(11,12)13/h4-6H,3H2,1-2H3,(H,15,17). The zero-order valence-electron chi connectivity index (χ0n) is 9.38. The highest BCUT2D eigenvalue weighted by molar-refractivity contribution is 5.90. The lowest BCUT2D eigenvalue weighted by Gasteiger charge is -2.11. The van der Waals surface area contributed by atoms with E-state index < -0.39 is 23.6 Å². The van der Waals surface area contributed by atoms with E-state index >= 15 is 0 Å². The zero-order chi connectivity index (χ0) is 13.1. The number of hydrogen-bond acceptors (Lipinski definition) is 3. The highest BCUT2D eigenvalue weighted by Gasteiger charge is 2.33. The van der Waals surface area contributed by atoms with Crippen molar-refractivity contribution in [3.05, 3.63) is 23.8 Å². The molecule has 7 heteroatoms. The number of halogens is 3. The van der Waals surface area contributed by atoms with Crippen molar-refractivity contribution in [2.24, 2.45) is 0 Å². The second kappa shape index (κ2) is 5.11. The summed E-state index contributed by atoms with van der Waals surface area (Å²) < 4.78 is 37.0. The van der Waals surface area contributed by atoms with E-state index in [2.05, 4.69) is 15.3 Å².